The van der Waals surface area contributed by atoms with Gasteiger partial charge in [0.05, 0.1) is 13.2 Å². The minimum absolute atomic E-state index is 0.206. The Bertz CT molecular complexity index is 319. The number of benzene rings is 1. The van der Waals surface area contributed by atoms with E-state index < -0.39 is 0 Å². The maximum Gasteiger partial charge on any atom is 0.124 e. The van der Waals surface area contributed by atoms with Gasteiger partial charge in [0.25, 0.3) is 0 Å². The van der Waals surface area contributed by atoms with Crippen molar-refractivity contribution in [2.45, 2.75) is 19.4 Å². The van der Waals surface area contributed by atoms with Crippen molar-refractivity contribution in [3.05, 3.63) is 23.8 Å². The van der Waals surface area contributed by atoms with E-state index in [0.717, 1.165) is 30.0 Å². The zero-order valence-electron chi connectivity index (χ0n) is 8.32. The van der Waals surface area contributed by atoms with Gasteiger partial charge in [-0.2, -0.15) is 0 Å². The number of rotatable bonds is 2. The van der Waals surface area contributed by atoms with Crippen LogP contribution < -0.4 is 10.5 Å². The highest BCUT2D eigenvalue weighted by Gasteiger charge is 2.17. The first-order valence-electron chi connectivity index (χ1n) is 4.86. The fourth-order valence-electron chi connectivity index (χ4n) is 1.59. The summed E-state index contributed by atoms with van der Waals surface area (Å²) in [6.07, 6.45) is 1.18. The summed E-state index contributed by atoms with van der Waals surface area (Å²) in [6.45, 7) is 3.50. The summed E-state index contributed by atoms with van der Waals surface area (Å²) in [4.78, 5) is 0. The molecule has 14 heavy (non-hydrogen) atoms. The van der Waals surface area contributed by atoms with Gasteiger partial charge in [0.15, 0.2) is 0 Å². The molecule has 0 saturated carbocycles. The molecule has 1 aliphatic rings. The molecule has 0 amide bonds. The van der Waals surface area contributed by atoms with Crippen LogP contribution in [0.25, 0.3) is 0 Å². The molecule has 0 aliphatic carbocycles. The number of ether oxygens (including phenoxy) is 2. The summed E-state index contributed by atoms with van der Waals surface area (Å²) in [6, 6.07) is 5.70. The third-order valence-electron chi connectivity index (χ3n) is 2.38. The standard InChI is InChI=1S/C11H15NO2/c1-8-6-9(12)2-3-11(8)14-10-4-5-13-7-10/h2-3,6,10H,4-5,7,12H2,1H3/t10-/m1/s1. The topological polar surface area (TPSA) is 44.5 Å². The lowest BCUT2D eigenvalue weighted by molar-refractivity contribution is 0.141. The predicted molar refractivity (Wildman–Crippen MR) is 55.4 cm³/mol. The largest absolute Gasteiger partial charge is 0.488 e. The number of hydrogen-bond donors (Lipinski definition) is 1. The van der Waals surface area contributed by atoms with Gasteiger partial charge >= 0.3 is 0 Å². The second-order valence-electron chi connectivity index (χ2n) is 3.63. The molecule has 1 aromatic carbocycles. The van der Waals surface area contributed by atoms with Gasteiger partial charge in [-0.05, 0) is 30.7 Å². The smallest absolute Gasteiger partial charge is 0.124 e. The van der Waals surface area contributed by atoms with Crippen LogP contribution in [0.15, 0.2) is 18.2 Å². The molecule has 3 nitrogen and oxygen atoms in total. The lowest BCUT2D eigenvalue weighted by atomic mass is 10.2. The molecule has 2 rings (SSSR count). The Kier molecular flexibility index (Phi) is 2.59. The fourth-order valence-corrected chi connectivity index (χ4v) is 1.59. The average molecular weight is 193 g/mol. The minimum Gasteiger partial charge on any atom is -0.488 e. The van der Waals surface area contributed by atoms with Crippen LogP contribution in [0.3, 0.4) is 0 Å². The quantitative estimate of drug-likeness (QED) is 0.728. The molecule has 0 bridgehead atoms. The molecule has 1 heterocycles. The van der Waals surface area contributed by atoms with Crippen molar-refractivity contribution in [3.63, 3.8) is 0 Å². The van der Waals surface area contributed by atoms with E-state index in [-0.39, 0.29) is 6.10 Å². The van der Waals surface area contributed by atoms with Gasteiger partial charge in [0, 0.05) is 12.1 Å². The molecule has 0 spiro atoms. The number of nitrogens with two attached hydrogens (primary N) is 1. The van der Waals surface area contributed by atoms with Crippen LogP contribution in [0, 0.1) is 6.92 Å². The van der Waals surface area contributed by atoms with Gasteiger partial charge in [0.2, 0.25) is 0 Å². The van der Waals surface area contributed by atoms with Crippen molar-refractivity contribution in [1.82, 2.24) is 0 Å². The van der Waals surface area contributed by atoms with Crippen molar-refractivity contribution >= 4 is 5.69 Å². The molecule has 0 aromatic heterocycles. The maximum atomic E-state index is 5.78. The van der Waals surface area contributed by atoms with E-state index in [2.05, 4.69) is 0 Å². The first-order chi connectivity index (χ1) is 6.75. The van der Waals surface area contributed by atoms with Crippen molar-refractivity contribution in [2.75, 3.05) is 18.9 Å². The van der Waals surface area contributed by atoms with E-state index in [1.165, 1.54) is 0 Å². The zero-order valence-corrected chi connectivity index (χ0v) is 8.32. The molecule has 2 N–H and O–H groups in total. The van der Waals surface area contributed by atoms with Crippen LogP contribution in [0.2, 0.25) is 0 Å². The molecular weight excluding hydrogens is 178 g/mol. The molecule has 0 unspecified atom stereocenters. The molecule has 0 radical (unpaired) electrons. The summed E-state index contributed by atoms with van der Waals surface area (Å²) >= 11 is 0. The Morgan fingerprint density at radius 1 is 1.50 bits per heavy atom. The first kappa shape index (κ1) is 9.34. The van der Waals surface area contributed by atoms with Crippen LogP contribution in [0.5, 0.6) is 5.75 Å². The van der Waals surface area contributed by atoms with E-state index in [1.807, 2.05) is 25.1 Å². The Hall–Kier alpha value is -1.22. The van der Waals surface area contributed by atoms with E-state index >= 15 is 0 Å². The van der Waals surface area contributed by atoms with E-state index in [9.17, 15) is 0 Å². The van der Waals surface area contributed by atoms with Crippen molar-refractivity contribution < 1.29 is 9.47 Å². The molecule has 1 fully saturated rings. The van der Waals surface area contributed by atoms with Crippen molar-refractivity contribution in [3.8, 4) is 5.75 Å². The number of nitrogen functional groups attached to an aromatic ring is 1. The summed E-state index contributed by atoms with van der Waals surface area (Å²) in [7, 11) is 0. The second-order valence-corrected chi connectivity index (χ2v) is 3.63. The summed E-state index contributed by atoms with van der Waals surface area (Å²) in [5.41, 5.74) is 7.51. The van der Waals surface area contributed by atoms with Gasteiger partial charge in [-0.25, -0.2) is 0 Å². The van der Waals surface area contributed by atoms with Gasteiger partial charge in [-0.15, -0.1) is 0 Å². The first-order valence-corrected chi connectivity index (χ1v) is 4.86. The predicted octanol–water partition coefficient (Wildman–Crippen LogP) is 1.74. The second kappa shape index (κ2) is 3.88. The minimum atomic E-state index is 0.206. The Labute approximate surface area is 83.8 Å². The summed E-state index contributed by atoms with van der Waals surface area (Å²) in [5, 5.41) is 0. The number of aryl methyl sites for hydroxylation is 1. The normalized spacial score (nSPS) is 21.1. The summed E-state index contributed by atoms with van der Waals surface area (Å²) < 4.78 is 11.0. The molecule has 3 heteroatoms. The lowest BCUT2D eigenvalue weighted by Gasteiger charge is -2.14. The molecule has 1 saturated heterocycles. The number of hydrogen-bond acceptors (Lipinski definition) is 3. The van der Waals surface area contributed by atoms with E-state index in [4.69, 9.17) is 15.2 Å². The fraction of sp³-hybridized carbons (Fsp3) is 0.455. The number of anilines is 1. The lowest BCUT2D eigenvalue weighted by Crippen LogP contribution is -2.16. The Morgan fingerprint density at radius 2 is 2.36 bits per heavy atom. The van der Waals surface area contributed by atoms with Crippen LogP contribution in [0.1, 0.15) is 12.0 Å². The third kappa shape index (κ3) is 1.99. The molecule has 76 valence electrons. The molecule has 1 atom stereocenters. The Morgan fingerprint density at radius 3 is 3.00 bits per heavy atom. The van der Waals surface area contributed by atoms with Crippen LogP contribution in [-0.4, -0.2) is 19.3 Å². The van der Waals surface area contributed by atoms with Gasteiger partial charge in [-0.3, -0.25) is 0 Å². The Balaban J connectivity index is 2.08. The zero-order chi connectivity index (χ0) is 9.97. The van der Waals surface area contributed by atoms with Gasteiger partial charge < -0.3 is 15.2 Å². The van der Waals surface area contributed by atoms with E-state index in [0.29, 0.717) is 6.61 Å². The SMILES string of the molecule is Cc1cc(N)ccc1O[C@@H]1CCOC1. The molecule has 1 aromatic rings. The van der Waals surface area contributed by atoms with Gasteiger partial charge in [-0.1, -0.05) is 0 Å². The highest BCUT2D eigenvalue weighted by molar-refractivity contribution is 5.47. The molecular formula is C11H15NO2. The van der Waals surface area contributed by atoms with Crippen molar-refractivity contribution in [2.24, 2.45) is 0 Å². The van der Waals surface area contributed by atoms with Crippen LogP contribution >= 0.6 is 0 Å². The highest BCUT2D eigenvalue weighted by Crippen LogP contribution is 2.23. The highest BCUT2D eigenvalue weighted by atomic mass is 16.5. The van der Waals surface area contributed by atoms with Crippen molar-refractivity contribution in [1.29, 1.82) is 0 Å². The molecule has 1 aliphatic heterocycles. The monoisotopic (exact) mass is 193 g/mol. The van der Waals surface area contributed by atoms with Crippen LogP contribution in [-0.2, 0) is 4.74 Å². The van der Waals surface area contributed by atoms with Crippen LogP contribution in [0.4, 0.5) is 5.69 Å². The van der Waals surface area contributed by atoms with Gasteiger partial charge in [0.1, 0.15) is 11.9 Å². The average Bonchev–Trinajstić information content (AvgIpc) is 2.62. The third-order valence-corrected chi connectivity index (χ3v) is 2.38. The maximum absolute atomic E-state index is 5.78. The summed E-state index contributed by atoms with van der Waals surface area (Å²) in [5.74, 6) is 0.912. The van der Waals surface area contributed by atoms with E-state index in [1.54, 1.807) is 0 Å².